The van der Waals surface area contributed by atoms with Gasteiger partial charge in [-0.3, -0.25) is 0 Å². The van der Waals surface area contributed by atoms with Crippen LogP contribution >= 0.6 is 0 Å². The predicted molar refractivity (Wildman–Crippen MR) is 154 cm³/mol. The Balaban J connectivity index is 1.62. The zero-order valence-electron chi connectivity index (χ0n) is 23.1. The fraction of sp³-hybridized carbons (Fsp3) is 0.500. The van der Waals surface area contributed by atoms with Gasteiger partial charge in [-0.1, -0.05) is 74.7 Å². The molecule has 39 heavy (non-hydrogen) atoms. The zero-order valence-corrected chi connectivity index (χ0v) is 23.9. The van der Waals surface area contributed by atoms with Crippen LogP contribution in [-0.4, -0.2) is 73.7 Å². The summed E-state index contributed by atoms with van der Waals surface area (Å²) < 4.78 is 35.2. The maximum Gasteiger partial charge on any atom is 0.317 e. The van der Waals surface area contributed by atoms with Gasteiger partial charge in [-0.15, -0.1) is 0 Å². The Morgan fingerprint density at radius 3 is 2.51 bits per heavy atom. The Labute approximate surface area is 232 Å². The van der Waals surface area contributed by atoms with Crippen LogP contribution < -0.4 is 10.1 Å². The van der Waals surface area contributed by atoms with Crippen molar-refractivity contribution in [2.75, 3.05) is 26.7 Å². The van der Waals surface area contributed by atoms with Crippen LogP contribution in [0, 0.1) is 5.92 Å². The monoisotopic (exact) mass is 555 g/mol. The molecule has 1 heterocycles. The van der Waals surface area contributed by atoms with E-state index < -0.39 is 22.2 Å². The van der Waals surface area contributed by atoms with Crippen molar-refractivity contribution >= 4 is 28.2 Å². The Hall–Kier alpha value is -2.88. The molecule has 0 radical (unpaired) electrons. The standard InChI is InChI=1S/C30H41N3O5S/c1-22-19-33(23(2)21-34)39(36,37)29-17-16-25(15-14-24-10-6-4-7-11-24)18-27(29)38-28(22)20-32(3)30(35)31-26-12-8-5-9-13-26/h4,6-7,10-11,14-18,22-23,26,28,34H,5,8-9,12-13,19-21H2,1-3H3,(H,31,35)/b15-14+/t22-,23-,28+/m1/s1. The van der Waals surface area contributed by atoms with Crippen molar-refractivity contribution < 1.29 is 23.1 Å². The molecule has 0 unspecified atom stereocenters. The SMILES string of the molecule is C[C@@H]1CN([C@H](C)CO)S(=O)(=O)c2ccc(/C=C/c3ccccc3)cc2O[C@H]1CN(C)C(=O)NC1CCCCC1. The average molecular weight is 556 g/mol. The number of carbonyl (C=O) groups is 1. The molecule has 8 nitrogen and oxygen atoms in total. The largest absolute Gasteiger partial charge is 0.487 e. The van der Waals surface area contributed by atoms with E-state index in [1.54, 1.807) is 37.1 Å². The summed E-state index contributed by atoms with van der Waals surface area (Å²) in [5.74, 6) is 0.00774. The lowest BCUT2D eigenvalue weighted by Crippen LogP contribution is -2.52. The highest BCUT2D eigenvalue weighted by molar-refractivity contribution is 7.89. The number of nitrogens with zero attached hydrogens (tertiary/aromatic N) is 2. The van der Waals surface area contributed by atoms with E-state index in [0.717, 1.165) is 36.8 Å². The number of nitrogens with one attached hydrogen (secondary N) is 1. The lowest BCUT2D eigenvalue weighted by atomic mass is 9.96. The van der Waals surface area contributed by atoms with Crippen LogP contribution in [0.2, 0.25) is 0 Å². The number of aliphatic hydroxyl groups excluding tert-OH is 1. The highest BCUT2D eigenvalue weighted by Gasteiger charge is 2.38. The van der Waals surface area contributed by atoms with Gasteiger partial charge in [0.25, 0.3) is 0 Å². The molecule has 4 rings (SSSR count). The molecule has 9 heteroatoms. The van der Waals surface area contributed by atoms with E-state index in [1.807, 2.05) is 49.4 Å². The van der Waals surface area contributed by atoms with Crippen molar-refractivity contribution in [3.8, 4) is 5.75 Å². The summed E-state index contributed by atoms with van der Waals surface area (Å²) in [6.45, 7) is 3.79. The first-order chi connectivity index (χ1) is 18.7. The number of urea groups is 1. The van der Waals surface area contributed by atoms with Gasteiger partial charge in [-0.05, 0) is 43.0 Å². The molecule has 0 spiro atoms. The third-order valence-electron chi connectivity index (χ3n) is 7.69. The molecule has 2 aliphatic rings. The van der Waals surface area contributed by atoms with Crippen molar-refractivity contribution in [1.29, 1.82) is 0 Å². The van der Waals surface area contributed by atoms with Crippen molar-refractivity contribution in [3.63, 3.8) is 0 Å². The van der Waals surface area contributed by atoms with Gasteiger partial charge < -0.3 is 20.1 Å². The van der Waals surface area contributed by atoms with E-state index in [4.69, 9.17) is 4.74 Å². The molecule has 0 bridgehead atoms. The maximum absolute atomic E-state index is 13.7. The molecule has 1 fully saturated rings. The third-order valence-corrected chi connectivity index (χ3v) is 9.71. The van der Waals surface area contributed by atoms with E-state index >= 15 is 0 Å². The van der Waals surface area contributed by atoms with Crippen LogP contribution in [0.3, 0.4) is 0 Å². The van der Waals surface area contributed by atoms with Crippen molar-refractivity contribution in [2.24, 2.45) is 5.92 Å². The van der Waals surface area contributed by atoms with E-state index in [0.29, 0.717) is 6.54 Å². The number of benzene rings is 2. The number of sulfonamides is 1. The van der Waals surface area contributed by atoms with Gasteiger partial charge in [0.2, 0.25) is 10.0 Å². The molecular formula is C30H41N3O5S. The zero-order chi connectivity index (χ0) is 28.0. The fourth-order valence-corrected chi connectivity index (χ4v) is 7.03. The molecule has 2 aromatic carbocycles. The molecule has 0 aromatic heterocycles. The van der Waals surface area contributed by atoms with Crippen LogP contribution in [0.25, 0.3) is 12.2 Å². The van der Waals surface area contributed by atoms with Crippen LogP contribution in [0.4, 0.5) is 4.79 Å². The normalized spacial score (nSPS) is 22.8. The number of carbonyl (C=O) groups excluding carboxylic acids is 1. The molecule has 2 amide bonds. The Bertz CT molecular complexity index is 1240. The van der Waals surface area contributed by atoms with Crippen molar-refractivity contribution in [2.45, 2.75) is 69.0 Å². The molecule has 2 N–H and O–H groups in total. The molecule has 0 saturated heterocycles. The molecule has 1 saturated carbocycles. The van der Waals surface area contributed by atoms with Crippen LogP contribution in [0.15, 0.2) is 53.4 Å². The lowest BCUT2D eigenvalue weighted by molar-refractivity contribution is 0.0806. The Morgan fingerprint density at radius 2 is 1.82 bits per heavy atom. The van der Waals surface area contributed by atoms with E-state index in [2.05, 4.69) is 5.32 Å². The number of likely N-dealkylation sites (N-methyl/N-ethyl adjacent to an activating group) is 1. The summed E-state index contributed by atoms with van der Waals surface area (Å²) in [5, 5.41) is 13.0. The first-order valence-corrected chi connectivity index (χ1v) is 15.3. The summed E-state index contributed by atoms with van der Waals surface area (Å²) in [5.41, 5.74) is 1.82. The summed E-state index contributed by atoms with van der Waals surface area (Å²) in [7, 11) is -2.18. The molecule has 1 aliphatic carbocycles. The minimum absolute atomic E-state index is 0.0610. The van der Waals surface area contributed by atoms with E-state index in [1.165, 1.54) is 10.7 Å². The highest BCUT2D eigenvalue weighted by atomic mass is 32.2. The Morgan fingerprint density at radius 1 is 1.13 bits per heavy atom. The summed E-state index contributed by atoms with van der Waals surface area (Å²) >= 11 is 0. The number of fused-ring (bicyclic) bond motifs is 1. The van der Waals surface area contributed by atoms with Crippen molar-refractivity contribution in [1.82, 2.24) is 14.5 Å². The average Bonchev–Trinajstić information content (AvgIpc) is 2.94. The van der Waals surface area contributed by atoms with Gasteiger partial charge in [-0.2, -0.15) is 4.31 Å². The smallest absolute Gasteiger partial charge is 0.317 e. The minimum atomic E-state index is -3.93. The van der Waals surface area contributed by atoms with E-state index in [-0.39, 0.29) is 41.8 Å². The van der Waals surface area contributed by atoms with Crippen LogP contribution in [0.5, 0.6) is 5.75 Å². The number of amides is 2. The van der Waals surface area contributed by atoms with Gasteiger partial charge in [0, 0.05) is 31.6 Å². The van der Waals surface area contributed by atoms with Gasteiger partial charge in [0.05, 0.1) is 13.2 Å². The molecule has 1 aliphatic heterocycles. The fourth-order valence-electron chi connectivity index (χ4n) is 5.20. The lowest BCUT2D eigenvalue weighted by Gasteiger charge is -2.37. The van der Waals surface area contributed by atoms with Crippen LogP contribution in [-0.2, 0) is 10.0 Å². The first kappa shape index (κ1) is 29.1. The summed E-state index contributed by atoms with van der Waals surface area (Å²) in [4.78, 5) is 14.7. The van der Waals surface area contributed by atoms with Gasteiger partial charge in [0.15, 0.2) is 0 Å². The summed E-state index contributed by atoms with van der Waals surface area (Å²) in [6.07, 6.45) is 8.88. The highest BCUT2D eigenvalue weighted by Crippen LogP contribution is 2.34. The number of aliphatic hydroxyl groups is 1. The maximum atomic E-state index is 13.7. The third kappa shape index (κ3) is 7.21. The van der Waals surface area contributed by atoms with Crippen molar-refractivity contribution in [3.05, 3.63) is 59.7 Å². The molecule has 212 valence electrons. The Kier molecular flexibility index (Phi) is 9.69. The minimum Gasteiger partial charge on any atom is -0.487 e. The number of hydrogen-bond donors (Lipinski definition) is 2. The number of ether oxygens (including phenoxy) is 1. The first-order valence-electron chi connectivity index (χ1n) is 13.9. The predicted octanol–water partition coefficient (Wildman–Crippen LogP) is 4.60. The number of hydrogen-bond acceptors (Lipinski definition) is 5. The van der Waals surface area contributed by atoms with Gasteiger partial charge in [0.1, 0.15) is 16.7 Å². The van der Waals surface area contributed by atoms with E-state index in [9.17, 15) is 18.3 Å². The van der Waals surface area contributed by atoms with Crippen LogP contribution in [0.1, 0.15) is 57.1 Å². The van der Waals surface area contributed by atoms with Gasteiger partial charge in [-0.25, -0.2) is 13.2 Å². The topological polar surface area (TPSA) is 99.2 Å². The molecular weight excluding hydrogens is 514 g/mol. The molecule has 2 aromatic rings. The second kappa shape index (κ2) is 13.0. The second-order valence-electron chi connectivity index (χ2n) is 10.9. The summed E-state index contributed by atoms with van der Waals surface area (Å²) in [6, 6.07) is 14.4. The quantitative estimate of drug-likeness (QED) is 0.487. The van der Waals surface area contributed by atoms with Gasteiger partial charge >= 0.3 is 6.03 Å². The molecule has 3 atom stereocenters. The second-order valence-corrected chi connectivity index (χ2v) is 12.7. The number of rotatable bonds is 7.